The molecular weight excluding hydrogens is 204 g/mol. The minimum absolute atomic E-state index is 0.104. The van der Waals surface area contributed by atoms with Crippen molar-refractivity contribution in [3.63, 3.8) is 0 Å². The van der Waals surface area contributed by atoms with Crippen molar-refractivity contribution >= 4 is 17.2 Å². The van der Waals surface area contributed by atoms with Crippen LogP contribution in [-0.4, -0.2) is 4.99 Å². The highest BCUT2D eigenvalue weighted by molar-refractivity contribution is 7.80. The maximum absolute atomic E-state index is 5.34. The van der Waals surface area contributed by atoms with Gasteiger partial charge in [0, 0.05) is 17.3 Å². The predicted octanol–water partition coefficient (Wildman–Crippen LogP) is 2.41. The average molecular weight is 220 g/mol. The summed E-state index contributed by atoms with van der Waals surface area (Å²) in [6.45, 7) is 4.31. The zero-order valence-corrected chi connectivity index (χ0v) is 9.84. The van der Waals surface area contributed by atoms with Gasteiger partial charge in [-0.2, -0.15) is 0 Å². The number of nitrogens with two attached hydrogens (primary N) is 1. The van der Waals surface area contributed by atoms with Crippen molar-refractivity contribution in [1.82, 2.24) is 5.32 Å². The molecule has 0 amide bonds. The van der Waals surface area contributed by atoms with Gasteiger partial charge in [0.1, 0.15) is 0 Å². The van der Waals surface area contributed by atoms with Gasteiger partial charge in [-0.05, 0) is 18.2 Å². The Morgan fingerprint density at radius 3 is 2.87 bits per heavy atom. The maximum Gasteiger partial charge on any atom is 0.0976 e. The lowest BCUT2D eigenvalue weighted by Crippen LogP contribution is -2.07. The number of thiocarbonyl (C=S) groups is 1. The van der Waals surface area contributed by atoms with Gasteiger partial charge in [0.25, 0.3) is 0 Å². The third kappa shape index (κ3) is 4.61. The molecule has 15 heavy (non-hydrogen) atoms. The topological polar surface area (TPSA) is 38.0 Å². The van der Waals surface area contributed by atoms with Gasteiger partial charge >= 0.3 is 0 Å². The molecule has 1 aliphatic carbocycles. The SMILES string of the molecule is CC1(C)C=CC=C(N/C=C\C(N)=S)C=C1. The summed E-state index contributed by atoms with van der Waals surface area (Å²) in [7, 11) is 0. The van der Waals surface area contributed by atoms with Crippen LogP contribution in [-0.2, 0) is 0 Å². The number of rotatable bonds is 3. The molecule has 0 saturated carbocycles. The third-order valence-electron chi connectivity index (χ3n) is 1.99. The molecule has 0 heterocycles. The van der Waals surface area contributed by atoms with Gasteiger partial charge in [0.05, 0.1) is 4.99 Å². The molecule has 80 valence electrons. The molecule has 0 atom stereocenters. The summed E-state index contributed by atoms with van der Waals surface area (Å²) in [4.78, 5) is 0.372. The minimum Gasteiger partial charge on any atom is -0.390 e. The second-order valence-corrected chi connectivity index (χ2v) is 4.49. The summed E-state index contributed by atoms with van der Waals surface area (Å²) in [6.07, 6.45) is 13.8. The Hall–Kier alpha value is -1.35. The molecule has 0 aliphatic heterocycles. The van der Waals surface area contributed by atoms with Crippen LogP contribution in [0.1, 0.15) is 13.8 Å². The summed E-state index contributed by atoms with van der Waals surface area (Å²) in [5, 5.41) is 3.11. The normalized spacial score (nSPS) is 18.7. The van der Waals surface area contributed by atoms with E-state index in [4.69, 9.17) is 18.0 Å². The molecule has 0 radical (unpaired) electrons. The zero-order chi connectivity index (χ0) is 11.3. The smallest absolute Gasteiger partial charge is 0.0976 e. The predicted molar refractivity (Wildman–Crippen MR) is 69.2 cm³/mol. The van der Waals surface area contributed by atoms with E-state index in [0.29, 0.717) is 4.99 Å². The van der Waals surface area contributed by atoms with E-state index in [-0.39, 0.29) is 5.41 Å². The van der Waals surface area contributed by atoms with E-state index in [2.05, 4.69) is 31.3 Å². The van der Waals surface area contributed by atoms with Crippen LogP contribution in [0.15, 0.2) is 48.4 Å². The average Bonchev–Trinajstić information content (AvgIpc) is 2.27. The molecule has 1 rings (SSSR count). The van der Waals surface area contributed by atoms with Crippen LogP contribution >= 0.6 is 12.2 Å². The Kier molecular flexibility index (Phi) is 3.86. The monoisotopic (exact) mass is 220 g/mol. The van der Waals surface area contributed by atoms with Crippen LogP contribution in [0.25, 0.3) is 0 Å². The summed E-state index contributed by atoms with van der Waals surface area (Å²) in [6, 6.07) is 0. The van der Waals surface area contributed by atoms with Crippen molar-refractivity contribution in [2.75, 3.05) is 0 Å². The lowest BCUT2D eigenvalue weighted by Gasteiger charge is -2.12. The van der Waals surface area contributed by atoms with Gasteiger partial charge in [-0.15, -0.1) is 0 Å². The van der Waals surface area contributed by atoms with Gasteiger partial charge in [0.15, 0.2) is 0 Å². The van der Waals surface area contributed by atoms with Crippen molar-refractivity contribution in [1.29, 1.82) is 0 Å². The van der Waals surface area contributed by atoms with Crippen LogP contribution in [0.2, 0.25) is 0 Å². The molecule has 3 N–H and O–H groups in total. The van der Waals surface area contributed by atoms with E-state index in [0.717, 1.165) is 5.70 Å². The van der Waals surface area contributed by atoms with E-state index in [1.54, 1.807) is 12.3 Å². The van der Waals surface area contributed by atoms with Gasteiger partial charge in [-0.25, -0.2) is 0 Å². The first-order valence-electron chi connectivity index (χ1n) is 4.81. The second kappa shape index (κ2) is 4.94. The molecule has 0 bridgehead atoms. The summed E-state index contributed by atoms with van der Waals surface area (Å²) in [5.41, 5.74) is 6.46. The first-order chi connectivity index (χ1) is 6.99. The lowest BCUT2D eigenvalue weighted by atomic mass is 9.93. The Balaban J connectivity index is 2.62. The van der Waals surface area contributed by atoms with Gasteiger partial charge in [0.2, 0.25) is 0 Å². The van der Waals surface area contributed by atoms with Crippen molar-refractivity contribution in [3.8, 4) is 0 Å². The quantitative estimate of drug-likeness (QED) is 0.566. The van der Waals surface area contributed by atoms with Crippen molar-refractivity contribution in [2.45, 2.75) is 13.8 Å². The fraction of sp³-hybridized carbons (Fsp3) is 0.250. The third-order valence-corrected chi connectivity index (χ3v) is 2.13. The first-order valence-corrected chi connectivity index (χ1v) is 5.22. The second-order valence-electron chi connectivity index (χ2n) is 4.02. The molecule has 1 aliphatic rings. The number of hydrogen-bond donors (Lipinski definition) is 2. The van der Waals surface area contributed by atoms with E-state index in [9.17, 15) is 0 Å². The van der Waals surface area contributed by atoms with Crippen molar-refractivity contribution in [3.05, 3.63) is 48.4 Å². The molecule has 0 saturated heterocycles. The van der Waals surface area contributed by atoms with Crippen LogP contribution < -0.4 is 11.1 Å². The highest BCUT2D eigenvalue weighted by atomic mass is 32.1. The highest BCUT2D eigenvalue weighted by Gasteiger charge is 2.09. The Labute approximate surface area is 96.2 Å². The van der Waals surface area contributed by atoms with Gasteiger partial charge < -0.3 is 11.1 Å². The van der Waals surface area contributed by atoms with Crippen LogP contribution in [0.5, 0.6) is 0 Å². The number of nitrogens with one attached hydrogen (secondary N) is 1. The van der Waals surface area contributed by atoms with Crippen molar-refractivity contribution in [2.24, 2.45) is 11.1 Å². The molecule has 3 heteroatoms. The molecule has 0 unspecified atom stereocenters. The zero-order valence-electron chi connectivity index (χ0n) is 9.03. The molecular formula is C12H16N2S. The number of hydrogen-bond acceptors (Lipinski definition) is 2. The fourth-order valence-electron chi connectivity index (χ4n) is 1.13. The Morgan fingerprint density at radius 2 is 2.20 bits per heavy atom. The lowest BCUT2D eigenvalue weighted by molar-refractivity contribution is 0.626. The number of allylic oxidation sites excluding steroid dienone is 5. The summed E-state index contributed by atoms with van der Waals surface area (Å²) >= 11 is 4.73. The molecule has 0 fully saturated rings. The highest BCUT2D eigenvalue weighted by Crippen LogP contribution is 2.21. The maximum atomic E-state index is 5.34. The van der Waals surface area contributed by atoms with E-state index < -0.39 is 0 Å². The Morgan fingerprint density at radius 1 is 1.47 bits per heavy atom. The molecule has 0 spiro atoms. The van der Waals surface area contributed by atoms with Crippen LogP contribution in [0.4, 0.5) is 0 Å². The van der Waals surface area contributed by atoms with Crippen molar-refractivity contribution < 1.29 is 0 Å². The van der Waals surface area contributed by atoms with E-state index in [1.807, 2.05) is 18.2 Å². The van der Waals surface area contributed by atoms with Gasteiger partial charge in [-0.3, -0.25) is 0 Å². The summed E-state index contributed by atoms with van der Waals surface area (Å²) in [5.74, 6) is 0. The molecule has 0 aromatic heterocycles. The van der Waals surface area contributed by atoms with Crippen LogP contribution in [0, 0.1) is 5.41 Å². The molecule has 2 nitrogen and oxygen atoms in total. The van der Waals surface area contributed by atoms with E-state index in [1.165, 1.54) is 0 Å². The minimum atomic E-state index is 0.104. The molecule has 0 aromatic carbocycles. The first kappa shape index (κ1) is 11.7. The van der Waals surface area contributed by atoms with Gasteiger partial charge in [-0.1, -0.05) is 44.3 Å². The largest absolute Gasteiger partial charge is 0.390 e. The summed E-state index contributed by atoms with van der Waals surface area (Å²) < 4.78 is 0. The Bertz CT molecular complexity index is 360. The molecule has 0 aromatic rings. The standard InChI is InChI=1S/C12H16N2S/c1-12(2)7-3-4-10(5-8-12)14-9-6-11(13)15/h3-9,14H,1-2H3,(H2,13,15)/b9-6-. The van der Waals surface area contributed by atoms with E-state index >= 15 is 0 Å². The fourth-order valence-corrected chi connectivity index (χ4v) is 1.20. The van der Waals surface area contributed by atoms with Crippen LogP contribution in [0.3, 0.4) is 0 Å².